The van der Waals surface area contributed by atoms with Gasteiger partial charge in [-0.1, -0.05) is 11.6 Å². The van der Waals surface area contributed by atoms with Gasteiger partial charge in [-0.2, -0.15) is 4.98 Å². The highest BCUT2D eigenvalue weighted by Crippen LogP contribution is 2.29. The van der Waals surface area contributed by atoms with E-state index in [1.54, 1.807) is 0 Å². The number of ether oxygens (including phenoxy) is 1. The zero-order chi connectivity index (χ0) is 16.4. The second-order valence-corrected chi connectivity index (χ2v) is 7.00. The number of nitrogens with one attached hydrogen (secondary N) is 1. The lowest BCUT2D eigenvalue weighted by atomic mass is 9.98. The van der Waals surface area contributed by atoms with Gasteiger partial charge in [0.25, 0.3) is 0 Å². The number of hydrogen-bond acceptors (Lipinski definition) is 5. The Labute approximate surface area is 142 Å². The number of benzene rings is 1. The van der Waals surface area contributed by atoms with E-state index in [1.807, 2.05) is 24.3 Å². The molecule has 2 atom stereocenters. The Balaban J connectivity index is 1.44. The van der Waals surface area contributed by atoms with Crippen LogP contribution in [0.1, 0.15) is 57.3 Å². The molecular weight excluding hydrogens is 302 g/mol. The lowest BCUT2D eigenvalue weighted by Crippen LogP contribution is -2.21. The third-order valence-electron chi connectivity index (χ3n) is 5.25. The molecule has 0 bridgehead atoms. The molecule has 2 aromatic rings. The predicted molar refractivity (Wildman–Crippen MR) is 92.1 cm³/mol. The third-order valence-corrected chi connectivity index (χ3v) is 5.25. The minimum Gasteiger partial charge on any atom is -0.490 e. The molecule has 2 fully saturated rings. The molecule has 24 heavy (non-hydrogen) atoms. The number of rotatable bonds is 4. The summed E-state index contributed by atoms with van der Waals surface area (Å²) < 4.78 is 11.6. The maximum atomic E-state index is 6.07. The Morgan fingerprint density at radius 3 is 2.58 bits per heavy atom. The summed E-state index contributed by atoms with van der Waals surface area (Å²) in [4.78, 5) is 4.60. The summed E-state index contributed by atoms with van der Waals surface area (Å²) in [5.74, 6) is 2.65. The molecule has 1 aromatic heterocycles. The number of aromatic nitrogens is 2. The van der Waals surface area contributed by atoms with Gasteiger partial charge in [0.15, 0.2) is 0 Å². The molecule has 1 aliphatic heterocycles. The van der Waals surface area contributed by atoms with E-state index in [2.05, 4.69) is 22.4 Å². The maximum Gasteiger partial charge on any atom is 0.231 e. The van der Waals surface area contributed by atoms with Crippen molar-refractivity contribution >= 4 is 0 Å². The second-order valence-electron chi connectivity index (χ2n) is 7.00. The van der Waals surface area contributed by atoms with Gasteiger partial charge in [-0.05, 0) is 69.8 Å². The fraction of sp³-hybridized carbons (Fsp3) is 0.579. The number of hydrogen-bond donors (Lipinski definition) is 1. The molecule has 2 heterocycles. The van der Waals surface area contributed by atoms with Crippen LogP contribution in [0.25, 0.3) is 11.4 Å². The summed E-state index contributed by atoms with van der Waals surface area (Å²) in [6.45, 7) is 3.18. The van der Waals surface area contributed by atoms with Crippen LogP contribution in [-0.4, -0.2) is 28.8 Å². The fourth-order valence-corrected chi connectivity index (χ4v) is 3.76. The Bertz CT molecular complexity index is 662. The van der Waals surface area contributed by atoms with Crippen LogP contribution in [0.15, 0.2) is 28.8 Å². The Morgan fingerprint density at radius 1 is 1.08 bits per heavy atom. The summed E-state index contributed by atoms with van der Waals surface area (Å²) >= 11 is 0. The van der Waals surface area contributed by atoms with Gasteiger partial charge in [-0.15, -0.1) is 0 Å². The van der Waals surface area contributed by atoms with Crippen molar-refractivity contribution < 1.29 is 9.26 Å². The first-order valence-electron chi connectivity index (χ1n) is 9.14. The van der Waals surface area contributed by atoms with Gasteiger partial charge >= 0.3 is 0 Å². The van der Waals surface area contributed by atoms with Crippen molar-refractivity contribution in [2.75, 3.05) is 6.54 Å². The first kappa shape index (κ1) is 15.6. The van der Waals surface area contributed by atoms with Gasteiger partial charge in [0.2, 0.25) is 11.7 Å². The lowest BCUT2D eigenvalue weighted by Gasteiger charge is -2.22. The van der Waals surface area contributed by atoms with Crippen LogP contribution in [-0.2, 0) is 0 Å². The molecule has 0 amide bonds. The van der Waals surface area contributed by atoms with E-state index >= 15 is 0 Å². The van der Waals surface area contributed by atoms with Crippen molar-refractivity contribution in [1.82, 2.24) is 15.5 Å². The van der Waals surface area contributed by atoms with Crippen molar-refractivity contribution in [2.24, 2.45) is 0 Å². The van der Waals surface area contributed by atoms with Gasteiger partial charge in [0, 0.05) is 11.6 Å². The standard InChI is InChI=1S/C19H25N3O2/c1-13-17(11-12-20-13)19-21-18(22-24-19)14-7-9-16(10-8-14)23-15-5-3-2-4-6-15/h7-10,13,15,17,20H,2-6,11-12H2,1H3. The van der Waals surface area contributed by atoms with Gasteiger partial charge in [-0.25, -0.2) is 0 Å². The monoisotopic (exact) mass is 327 g/mol. The molecule has 2 unspecified atom stereocenters. The molecule has 1 saturated heterocycles. The van der Waals surface area contributed by atoms with Crippen LogP contribution in [0.5, 0.6) is 5.75 Å². The van der Waals surface area contributed by atoms with Crippen molar-refractivity contribution in [2.45, 2.75) is 63.5 Å². The molecule has 5 heteroatoms. The second kappa shape index (κ2) is 6.93. The Hall–Kier alpha value is -1.88. The summed E-state index contributed by atoms with van der Waals surface area (Å²) in [6, 6.07) is 8.45. The van der Waals surface area contributed by atoms with E-state index in [0.29, 0.717) is 23.9 Å². The molecule has 5 nitrogen and oxygen atoms in total. The molecule has 1 aromatic carbocycles. The zero-order valence-electron chi connectivity index (χ0n) is 14.2. The highest BCUT2D eigenvalue weighted by molar-refractivity contribution is 5.55. The van der Waals surface area contributed by atoms with E-state index in [4.69, 9.17) is 9.26 Å². The van der Waals surface area contributed by atoms with Gasteiger partial charge in [0.05, 0.1) is 12.0 Å². The smallest absolute Gasteiger partial charge is 0.231 e. The Morgan fingerprint density at radius 2 is 1.88 bits per heavy atom. The Kier molecular flexibility index (Phi) is 4.52. The molecule has 0 spiro atoms. The van der Waals surface area contributed by atoms with Crippen LogP contribution in [0.4, 0.5) is 0 Å². The van der Waals surface area contributed by atoms with E-state index in [0.717, 1.165) is 30.2 Å². The predicted octanol–water partition coefficient (Wildman–Crippen LogP) is 3.91. The van der Waals surface area contributed by atoms with Gasteiger partial charge in [0.1, 0.15) is 5.75 Å². The minimum atomic E-state index is 0.320. The molecule has 1 N–H and O–H groups in total. The largest absolute Gasteiger partial charge is 0.490 e. The number of nitrogens with zero attached hydrogens (tertiary/aromatic N) is 2. The summed E-state index contributed by atoms with van der Waals surface area (Å²) in [6.07, 6.45) is 7.67. The first-order valence-corrected chi connectivity index (χ1v) is 9.14. The van der Waals surface area contributed by atoms with Gasteiger partial charge in [-0.3, -0.25) is 0 Å². The van der Waals surface area contributed by atoms with E-state index in [9.17, 15) is 0 Å². The van der Waals surface area contributed by atoms with Crippen LogP contribution in [0.3, 0.4) is 0 Å². The summed E-state index contributed by atoms with van der Waals surface area (Å²) in [5.41, 5.74) is 0.972. The lowest BCUT2D eigenvalue weighted by molar-refractivity contribution is 0.155. The molecular formula is C19H25N3O2. The van der Waals surface area contributed by atoms with Crippen molar-refractivity contribution in [1.29, 1.82) is 0 Å². The molecule has 1 saturated carbocycles. The average molecular weight is 327 g/mol. The highest BCUT2D eigenvalue weighted by atomic mass is 16.5. The maximum absolute atomic E-state index is 6.07. The average Bonchev–Trinajstić information content (AvgIpc) is 3.25. The molecule has 1 aliphatic carbocycles. The molecule has 2 aliphatic rings. The summed E-state index contributed by atoms with van der Waals surface area (Å²) in [7, 11) is 0. The normalized spacial score (nSPS) is 25.0. The van der Waals surface area contributed by atoms with Crippen LogP contribution >= 0.6 is 0 Å². The first-order chi connectivity index (χ1) is 11.8. The molecule has 0 radical (unpaired) electrons. The quantitative estimate of drug-likeness (QED) is 0.922. The van der Waals surface area contributed by atoms with Crippen LogP contribution < -0.4 is 10.1 Å². The van der Waals surface area contributed by atoms with Crippen molar-refractivity contribution in [3.8, 4) is 17.1 Å². The topological polar surface area (TPSA) is 60.2 Å². The van der Waals surface area contributed by atoms with Crippen molar-refractivity contribution in [3.05, 3.63) is 30.2 Å². The van der Waals surface area contributed by atoms with E-state index < -0.39 is 0 Å². The highest BCUT2D eigenvalue weighted by Gasteiger charge is 2.29. The van der Waals surface area contributed by atoms with Gasteiger partial charge < -0.3 is 14.6 Å². The fourth-order valence-electron chi connectivity index (χ4n) is 3.76. The minimum absolute atomic E-state index is 0.320. The van der Waals surface area contributed by atoms with Crippen LogP contribution in [0, 0.1) is 0 Å². The SMILES string of the molecule is CC1NCCC1c1nc(-c2ccc(OC3CCCCC3)cc2)no1. The van der Waals surface area contributed by atoms with E-state index in [-0.39, 0.29) is 0 Å². The van der Waals surface area contributed by atoms with Crippen molar-refractivity contribution in [3.63, 3.8) is 0 Å². The third kappa shape index (κ3) is 3.31. The molecule has 4 rings (SSSR count). The summed E-state index contributed by atoms with van der Waals surface area (Å²) in [5, 5.41) is 7.58. The van der Waals surface area contributed by atoms with E-state index in [1.165, 1.54) is 32.1 Å². The zero-order valence-corrected chi connectivity index (χ0v) is 14.2. The molecule has 128 valence electrons. The van der Waals surface area contributed by atoms with Crippen LogP contribution in [0.2, 0.25) is 0 Å².